The van der Waals surface area contributed by atoms with Crippen molar-refractivity contribution in [1.82, 2.24) is 0 Å². The van der Waals surface area contributed by atoms with Gasteiger partial charge in [-0.1, -0.05) is 38.5 Å². The van der Waals surface area contributed by atoms with E-state index in [0.717, 1.165) is 82.8 Å². The number of rotatable bonds is 5. The van der Waals surface area contributed by atoms with E-state index in [4.69, 9.17) is 18.9 Å². The molecule has 0 radical (unpaired) electrons. The zero-order valence-electron chi connectivity index (χ0n) is 21.9. The summed E-state index contributed by atoms with van der Waals surface area (Å²) in [5, 5.41) is 0.801. The Morgan fingerprint density at radius 3 is 1.52 bits per heavy atom. The third-order valence-corrected chi connectivity index (χ3v) is 15.9. The predicted octanol–water partition coefficient (Wildman–Crippen LogP) is 8.78. The van der Waals surface area contributed by atoms with Crippen molar-refractivity contribution in [3.8, 4) is 0 Å². The highest BCUT2D eigenvalue weighted by atomic mass is 79.9. The molecule has 0 aliphatic heterocycles. The smallest absolute Gasteiger partial charge is 0.242 e. The molecule has 13 heteroatoms. The van der Waals surface area contributed by atoms with Gasteiger partial charge in [0.2, 0.25) is 10.0 Å². The maximum Gasteiger partial charge on any atom is 0.242 e. The van der Waals surface area contributed by atoms with Crippen LogP contribution in [0.3, 0.4) is 0 Å². The van der Waals surface area contributed by atoms with Gasteiger partial charge in [0.1, 0.15) is 8.42 Å². The van der Waals surface area contributed by atoms with Crippen LogP contribution in [0.4, 0.5) is 10.0 Å². The summed E-state index contributed by atoms with van der Waals surface area (Å²) in [5.41, 5.74) is 5.50. The molecule has 3 heterocycles. The average Bonchev–Trinajstić information content (AvgIpc) is 3.76. The molecule has 216 valence electrons. The summed E-state index contributed by atoms with van der Waals surface area (Å²) in [6.07, 6.45) is 9.58. The SMILES string of the molecule is NCc1ccc(S(=O)(=O)C2CCCCC2)s1.[C-]#[N+]c1ccc(Br)s1.[C-]#[N+]c1ccc(S(=O)(=O)C2CCCCC2)s1. The molecule has 2 N–H and O–H groups in total. The first kappa shape index (κ1) is 32.9. The Balaban J connectivity index is 0.000000175. The molecular formula is C27H32BrN3O4S5. The van der Waals surface area contributed by atoms with Crippen molar-refractivity contribution in [1.29, 1.82) is 0 Å². The summed E-state index contributed by atoms with van der Waals surface area (Å²) >= 11 is 7.11. The molecule has 0 aromatic carbocycles. The number of halogens is 1. The molecule has 40 heavy (non-hydrogen) atoms. The lowest BCUT2D eigenvalue weighted by Crippen LogP contribution is -2.23. The molecule has 7 nitrogen and oxygen atoms in total. The highest BCUT2D eigenvalue weighted by molar-refractivity contribution is 9.11. The van der Waals surface area contributed by atoms with Crippen molar-refractivity contribution in [3.63, 3.8) is 0 Å². The van der Waals surface area contributed by atoms with Crippen LogP contribution in [0.15, 0.2) is 48.6 Å². The number of nitrogens with two attached hydrogens (primary N) is 1. The van der Waals surface area contributed by atoms with E-state index in [-0.39, 0.29) is 10.5 Å². The molecule has 0 bridgehead atoms. The van der Waals surface area contributed by atoms with Crippen LogP contribution in [0.2, 0.25) is 0 Å². The van der Waals surface area contributed by atoms with E-state index in [1.807, 2.05) is 12.1 Å². The maximum absolute atomic E-state index is 12.3. The Labute approximate surface area is 258 Å². The van der Waals surface area contributed by atoms with Crippen LogP contribution < -0.4 is 5.73 Å². The van der Waals surface area contributed by atoms with E-state index in [0.29, 0.717) is 20.0 Å². The molecule has 0 spiro atoms. The molecule has 3 aromatic rings. The van der Waals surface area contributed by atoms with Crippen LogP contribution in [0.5, 0.6) is 0 Å². The van der Waals surface area contributed by atoms with Crippen molar-refractivity contribution in [3.05, 3.63) is 67.9 Å². The molecule has 0 atom stereocenters. The van der Waals surface area contributed by atoms with Crippen molar-refractivity contribution in [2.75, 3.05) is 0 Å². The van der Waals surface area contributed by atoms with Gasteiger partial charge < -0.3 is 5.73 Å². The summed E-state index contributed by atoms with van der Waals surface area (Å²) in [4.78, 5) is 7.42. The van der Waals surface area contributed by atoms with Crippen LogP contribution >= 0.6 is 49.9 Å². The Bertz CT molecular complexity index is 1530. The number of sulfone groups is 2. The van der Waals surface area contributed by atoms with E-state index in [1.54, 1.807) is 24.3 Å². The number of hydrogen-bond acceptors (Lipinski definition) is 8. The highest BCUT2D eigenvalue weighted by Gasteiger charge is 2.31. The van der Waals surface area contributed by atoms with Gasteiger partial charge in [0.25, 0.3) is 0 Å². The molecule has 0 saturated heterocycles. The number of nitrogens with zero attached hydrogens (tertiary/aromatic N) is 2. The van der Waals surface area contributed by atoms with E-state index in [2.05, 4.69) is 25.6 Å². The lowest BCUT2D eigenvalue weighted by molar-refractivity contribution is 0.484. The normalized spacial score (nSPS) is 16.5. The van der Waals surface area contributed by atoms with Crippen molar-refractivity contribution < 1.29 is 16.8 Å². The summed E-state index contributed by atoms with van der Waals surface area (Å²) in [5.74, 6) is 0. The van der Waals surface area contributed by atoms with Gasteiger partial charge in [0, 0.05) is 11.4 Å². The third-order valence-electron chi connectivity index (χ3n) is 6.73. The van der Waals surface area contributed by atoms with Gasteiger partial charge in [0.15, 0.2) is 19.7 Å². The predicted molar refractivity (Wildman–Crippen MR) is 169 cm³/mol. The van der Waals surface area contributed by atoms with E-state index < -0.39 is 19.7 Å². The largest absolute Gasteiger partial charge is 0.326 e. The molecule has 3 aromatic heterocycles. The van der Waals surface area contributed by atoms with E-state index in [1.165, 1.54) is 29.1 Å². The van der Waals surface area contributed by atoms with Crippen LogP contribution in [-0.2, 0) is 26.2 Å². The van der Waals surface area contributed by atoms with Crippen molar-refractivity contribution >= 4 is 79.6 Å². The lowest BCUT2D eigenvalue weighted by atomic mass is 10.0. The first-order chi connectivity index (χ1) is 19.1. The second-order valence-corrected chi connectivity index (χ2v) is 19.0. The molecule has 0 unspecified atom stereocenters. The number of thiophene rings is 3. The van der Waals surface area contributed by atoms with Crippen LogP contribution in [0, 0.1) is 13.1 Å². The molecule has 2 fully saturated rings. The molecule has 0 amide bonds. The average molecular weight is 703 g/mol. The molecule has 2 saturated carbocycles. The van der Waals surface area contributed by atoms with Gasteiger partial charge in [-0.3, -0.25) is 0 Å². The summed E-state index contributed by atoms with van der Waals surface area (Å²) in [7, 11) is -6.26. The molecule has 2 aliphatic carbocycles. The maximum atomic E-state index is 12.3. The minimum Gasteiger partial charge on any atom is -0.326 e. The Kier molecular flexibility index (Phi) is 12.8. The van der Waals surface area contributed by atoms with Gasteiger partial charge >= 0.3 is 0 Å². The fraction of sp³-hybridized carbons (Fsp3) is 0.481. The summed E-state index contributed by atoms with van der Waals surface area (Å²) < 4.78 is 50.9. The first-order valence-corrected chi connectivity index (χ1v) is 19.3. The van der Waals surface area contributed by atoms with Crippen molar-refractivity contribution in [2.24, 2.45) is 5.73 Å². The molecule has 2 aliphatic rings. The fourth-order valence-electron chi connectivity index (χ4n) is 4.59. The monoisotopic (exact) mass is 701 g/mol. The minimum atomic E-state index is -3.18. The summed E-state index contributed by atoms with van der Waals surface area (Å²) in [6.45, 7) is 13.8. The van der Waals surface area contributed by atoms with Gasteiger partial charge in [-0.05, 0) is 78.0 Å². The van der Waals surface area contributed by atoms with E-state index in [9.17, 15) is 16.8 Å². The second kappa shape index (κ2) is 15.6. The highest BCUT2D eigenvalue weighted by Crippen LogP contribution is 2.35. The number of hydrogen-bond donors (Lipinski definition) is 1. The lowest BCUT2D eigenvalue weighted by Gasteiger charge is -2.20. The van der Waals surface area contributed by atoms with Gasteiger partial charge in [-0.15, -0.1) is 34.0 Å². The van der Waals surface area contributed by atoms with Crippen LogP contribution in [0.1, 0.15) is 69.1 Å². The van der Waals surface area contributed by atoms with E-state index >= 15 is 0 Å². The minimum absolute atomic E-state index is 0.162. The second-order valence-electron chi connectivity index (χ2n) is 9.43. The molecular weight excluding hydrogens is 671 g/mol. The third kappa shape index (κ3) is 8.96. The Morgan fingerprint density at radius 2 is 1.15 bits per heavy atom. The quantitative estimate of drug-likeness (QED) is 0.268. The zero-order valence-corrected chi connectivity index (χ0v) is 27.6. The fourth-order valence-corrected chi connectivity index (χ4v) is 12.3. The molecule has 5 rings (SSSR count). The first-order valence-electron chi connectivity index (χ1n) is 13.0. The summed E-state index contributed by atoms with van der Waals surface area (Å²) in [6, 6.07) is 10.4. The standard InChI is InChI=1S/C11H13NO2S2.C11H17NO2S2.C5H2BrNS/c1-12-10-7-8-11(15-10)16(13,14)9-5-3-2-4-6-9;12-8-9-6-7-11(15-9)16(13,14)10-4-2-1-3-5-10;1-7-5-3-2-4(6)8-5/h7-9H,2-6H2;6-7,10H,1-5,8,12H2;2-3H. The Morgan fingerprint density at radius 1 is 0.700 bits per heavy atom. The van der Waals surface area contributed by atoms with Crippen molar-refractivity contribution in [2.45, 2.75) is 89.7 Å². The van der Waals surface area contributed by atoms with Gasteiger partial charge in [-0.25, -0.2) is 26.5 Å². The van der Waals surface area contributed by atoms with Crippen LogP contribution in [-0.4, -0.2) is 27.3 Å². The zero-order chi connectivity index (χ0) is 29.2. The van der Waals surface area contributed by atoms with Gasteiger partial charge in [-0.2, -0.15) is 0 Å². The Hall–Kier alpha value is -1.58. The topological polar surface area (TPSA) is 103 Å². The van der Waals surface area contributed by atoms with Gasteiger partial charge in [0.05, 0.1) is 27.4 Å². The van der Waals surface area contributed by atoms with Crippen LogP contribution in [0.25, 0.3) is 9.69 Å².